The number of benzene rings is 1. The Morgan fingerprint density at radius 3 is 2.78 bits per heavy atom. The van der Waals surface area contributed by atoms with Crippen molar-refractivity contribution < 1.29 is 5.11 Å². The second-order valence-corrected chi connectivity index (χ2v) is 7.05. The molecule has 3 rings (SSSR count). The van der Waals surface area contributed by atoms with Gasteiger partial charge in [-0.25, -0.2) is 9.67 Å². The molecule has 0 fully saturated rings. The first-order valence-corrected chi connectivity index (χ1v) is 8.58. The summed E-state index contributed by atoms with van der Waals surface area (Å²) in [5.74, 6) is 0. The summed E-state index contributed by atoms with van der Waals surface area (Å²) in [6.07, 6.45) is 5.18. The molecule has 0 bridgehead atoms. The standard InChI is InChI=1S/C15H14Cl2N4OS/c16-13-3-1-10(5-14(13)17)7-21-8-11(19-20-21)2-4-15-18-6-12(9-22)23-15/h1,3,5-6,8,22H,2,4,7,9H2. The molecule has 1 N–H and O–H groups in total. The normalized spacial score (nSPS) is 11.1. The molecule has 2 aromatic heterocycles. The van der Waals surface area contributed by atoms with Gasteiger partial charge in [0.25, 0.3) is 0 Å². The number of halogens is 2. The minimum atomic E-state index is 0.0392. The van der Waals surface area contributed by atoms with Crippen molar-refractivity contribution in [3.8, 4) is 0 Å². The molecule has 0 saturated heterocycles. The van der Waals surface area contributed by atoms with Crippen LogP contribution >= 0.6 is 34.5 Å². The maximum absolute atomic E-state index is 9.04. The Morgan fingerprint density at radius 1 is 1.17 bits per heavy atom. The third kappa shape index (κ3) is 4.29. The maximum Gasteiger partial charge on any atom is 0.0932 e. The van der Waals surface area contributed by atoms with Crippen LogP contribution in [0, 0.1) is 0 Å². The highest BCUT2D eigenvalue weighted by Crippen LogP contribution is 2.23. The number of aliphatic hydroxyl groups is 1. The van der Waals surface area contributed by atoms with Crippen molar-refractivity contribution in [1.29, 1.82) is 0 Å². The summed E-state index contributed by atoms with van der Waals surface area (Å²) in [6.45, 7) is 0.632. The van der Waals surface area contributed by atoms with Crippen molar-refractivity contribution in [3.63, 3.8) is 0 Å². The summed E-state index contributed by atoms with van der Waals surface area (Å²) in [7, 11) is 0. The molecule has 0 atom stereocenters. The first-order valence-electron chi connectivity index (χ1n) is 7.01. The van der Waals surface area contributed by atoms with Crippen molar-refractivity contribution in [2.75, 3.05) is 0 Å². The predicted molar refractivity (Wildman–Crippen MR) is 91.0 cm³/mol. The van der Waals surface area contributed by atoms with E-state index in [1.165, 1.54) is 11.3 Å². The van der Waals surface area contributed by atoms with E-state index in [1.54, 1.807) is 16.9 Å². The lowest BCUT2D eigenvalue weighted by Gasteiger charge is -2.02. The summed E-state index contributed by atoms with van der Waals surface area (Å²) in [6, 6.07) is 5.52. The molecule has 2 heterocycles. The highest BCUT2D eigenvalue weighted by atomic mass is 35.5. The number of nitrogens with zero attached hydrogens (tertiary/aromatic N) is 4. The van der Waals surface area contributed by atoms with Crippen LogP contribution in [0.2, 0.25) is 10.0 Å². The van der Waals surface area contributed by atoms with Crippen LogP contribution in [0.25, 0.3) is 0 Å². The summed E-state index contributed by atoms with van der Waals surface area (Å²) in [4.78, 5) is 5.15. The summed E-state index contributed by atoms with van der Waals surface area (Å²) in [5, 5.41) is 19.4. The monoisotopic (exact) mass is 368 g/mol. The average molecular weight is 369 g/mol. The topological polar surface area (TPSA) is 63.8 Å². The number of thiazole rings is 1. The van der Waals surface area contributed by atoms with E-state index in [0.29, 0.717) is 16.6 Å². The summed E-state index contributed by atoms with van der Waals surface area (Å²) in [5.41, 5.74) is 1.93. The fraction of sp³-hybridized carbons (Fsp3) is 0.267. The zero-order chi connectivity index (χ0) is 16.2. The van der Waals surface area contributed by atoms with Gasteiger partial charge in [0.05, 0.1) is 38.8 Å². The molecule has 1 aromatic carbocycles. The Labute approximate surface area is 147 Å². The third-order valence-electron chi connectivity index (χ3n) is 3.27. The van der Waals surface area contributed by atoms with Gasteiger partial charge >= 0.3 is 0 Å². The molecule has 23 heavy (non-hydrogen) atoms. The van der Waals surface area contributed by atoms with Gasteiger partial charge in [0, 0.05) is 18.8 Å². The fourth-order valence-corrected chi connectivity index (χ4v) is 3.23. The fourth-order valence-electron chi connectivity index (χ4n) is 2.13. The Bertz CT molecular complexity index is 802. The molecule has 5 nitrogen and oxygen atoms in total. The number of aromatic nitrogens is 4. The summed E-state index contributed by atoms with van der Waals surface area (Å²) < 4.78 is 1.77. The number of hydrogen-bond acceptors (Lipinski definition) is 5. The first kappa shape index (κ1) is 16.4. The molecule has 120 valence electrons. The van der Waals surface area contributed by atoms with Crippen molar-refractivity contribution in [2.45, 2.75) is 26.0 Å². The van der Waals surface area contributed by atoms with Crippen LogP contribution in [0.15, 0.2) is 30.6 Å². The molecule has 0 unspecified atom stereocenters. The number of aryl methyl sites for hydroxylation is 2. The van der Waals surface area contributed by atoms with Gasteiger partial charge in [0.2, 0.25) is 0 Å². The lowest BCUT2D eigenvalue weighted by atomic mass is 10.2. The van der Waals surface area contributed by atoms with Crippen LogP contribution in [0.5, 0.6) is 0 Å². The van der Waals surface area contributed by atoms with Crippen molar-refractivity contribution in [1.82, 2.24) is 20.0 Å². The number of hydrogen-bond donors (Lipinski definition) is 1. The van der Waals surface area contributed by atoms with Gasteiger partial charge in [0.1, 0.15) is 0 Å². The van der Waals surface area contributed by atoms with Crippen LogP contribution < -0.4 is 0 Å². The quantitative estimate of drug-likeness (QED) is 0.724. The van der Waals surface area contributed by atoms with E-state index in [0.717, 1.165) is 34.0 Å². The molecule has 0 amide bonds. The highest BCUT2D eigenvalue weighted by molar-refractivity contribution is 7.11. The van der Waals surface area contributed by atoms with Crippen LogP contribution in [0.1, 0.15) is 21.1 Å². The van der Waals surface area contributed by atoms with E-state index in [9.17, 15) is 0 Å². The molecule has 0 radical (unpaired) electrons. The van der Waals surface area contributed by atoms with E-state index >= 15 is 0 Å². The molecule has 0 aliphatic rings. The van der Waals surface area contributed by atoms with E-state index in [-0.39, 0.29) is 6.61 Å². The lowest BCUT2D eigenvalue weighted by molar-refractivity contribution is 0.285. The van der Waals surface area contributed by atoms with Gasteiger partial charge in [-0.15, -0.1) is 16.4 Å². The minimum absolute atomic E-state index is 0.0392. The maximum atomic E-state index is 9.04. The number of rotatable bonds is 6. The molecule has 0 aliphatic carbocycles. The van der Waals surface area contributed by atoms with Crippen LogP contribution in [-0.4, -0.2) is 25.1 Å². The molecule has 0 aliphatic heterocycles. The van der Waals surface area contributed by atoms with Gasteiger partial charge in [0.15, 0.2) is 0 Å². The zero-order valence-corrected chi connectivity index (χ0v) is 14.4. The van der Waals surface area contributed by atoms with Crippen LogP contribution in [0.4, 0.5) is 0 Å². The molecule has 8 heteroatoms. The van der Waals surface area contributed by atoms with E-state index in [1.807, 2.05) is 18.3 Å². The van der Waals surface area contributed by atoms with Crippen LogP contribution in [0.3, 0.4) is 0 Å². The highest BCUT2D eigenvalue weighted by Gasteiger charge is 2.06. The Hall–Kier alpha value is -1.47. The molecular formula is C15H14Cl2N4OS. The molecule has 3 aromatic rings. The van der Waals surface area contributed by atoms with Crippen molar-refractivity contribution in [2.24, 2.45) is 0 Å². The largest absolute Gasteiger partial charge is 0.391 e. The summed E-state index contributed by atoms with van der Waals surface area (Å²) >= 11 is 13.4. The zero-order valence-electron chi connectivity index (χ0n) is 12.1. The Morgan fingerprint density at radius 2 is 2.04 bits per heavy atom. The van der Waals surface area contributed by atoms with Gasteiger partial charge in [-0.2, -0.15) is 0 Å². The molecular weight excluding hydrogens is 355 g/mol. The van der Waals surface area contributed by atoms with E-state index in [2.05, 4.69) is 15.3 Å². The van der Waals surface area contributed by atoms with E-state index in [4.69, 9.17) is 28.3 Å². The smallest absolute Gasteiger partial charge is 0.0932 e. The molecule has 0 spiro atoms. The average Bonchev–Trinajstić information content (AvgIpc) is 3.18. The lowest BCUT2D eigenvalue weighted by Crippen LogP contribution is -2.00. The van der Waals surface area contributed by atoms with Gasteiger partial charge in [-0.05, 0) is 24.1 Å². The third-order valence-corrected chi connectivity index (χ3v) is 5.05. The van der Waals surface area contributed by atoms with Crippen molar-refractivity contribution >= 4 is 34.5 Å². The Balaban J connectivity index is 1.60. The van der Waals surface area contributed by atoms with Gasteiger partial charge in [-0.3, -0.25) is 0 Å². The second-order valence-electron chi connectivity index (χ2n) is 5.03. The van der Waals surface area contributed by atoms with Crippen LogP contribution in [-0.2, 0) is 26.0 Å². The van der Waals surface area contributed by atoms with Gasteiger partial charge < -0.3 is 5.11 Å². The molecule has 0 saturated carbocycles. The second kappa shape index (κ2) is 7.40. The van der Waals surface area contributed by atoms with E-state index < -0.39 is 0 Å². The first-order chi connectivity index (χ1) is 11.1. The Kier molecular flexibility index (Phi) is 5.27. The SMILES string of the molecule is OCc1cnc(CCc2cn(Cc3ccc(Cl)c(Cl)c3)nn2)s1. The van der Waals surface area contributed by atoms with Crippen molar-refractivity contribution in [3.05, 3.63) is 61.8 Å². The number of aliphatic hydroxyl groups excluding tert-OH is 1. The predicted octanol–water partition coefficient (Wildman–Crippen LogP) is 3.37. The van der Waals surface area contributed by atoms with Gasteiger partial charge in [-0.1, -0.05) is 34.5 Å². The minimum Gasteiger partial charge on any atom is -0.391 e.